The molecule has 0 N–H and O–H groups in total. The molecule has 0 radical (unpaired) electrons. The van der Waals surface area contributed by atoms with Crippen LogP contribution in [0.5, 0.6) is 0 Å². The quantitative estimate of drug-likeness (QED) is 0.599. The van der Waals surface area contributed by atoms with Gasteiger partial charge < -0.3 is 0 Å². The molecule has 3 nitrogen and oxygen atoms in total. The molecular weight excluding hydrogens is 140 g/mol. The summed E-state index contributed by atoms with van der Waals surface area (Å²) in [5.74, 6) is 0. The lowest BCUT2D eigenvalue weighted by atomic mass is 10.2. The SMILES string of the molecule is CCn1nc(C=O)c(C)c1C. The van der Waals surface area contributed by atoms with Gasteiger partial charge in [-0.15, -0.1) is 0 Å². The fourth-order valence-corrected chi connectivity index (χ4v) is 1.08. The third kappa shape index (κ3) is 1.18. The second-order valence-electron chi connectivity index (χ2n) is 2.53. The van der Waals surface area contributed by atoms with Crippen molar-refractivity contribution >= 4 is 6.29 Å². The van der Waals surface area contributed by atoms with E-state index in [9.17, 15) is 4.79 Å². The summed E-state index contributed by atoms with van der Waals surface area (Å²) < 4.78 is 1.83. The molecule has 1 aromatic heterocycles. The fourth-order valence-electron chi connectivity index (χ4n) is 1.08. The van der Waals surface area contributed by atoms with E-state index in [-0.39, 0.29) is 0 Å². The van der Waals surface area contributed by atoms with Crippen molar-refractivity contribution in [1.29, 1.82) is 0 Å². The van der Waals surface area contributed by atoms with Crippen LogP contribution in [0.25, 0.3) is 0 Å². The number of nitrogens with zero attached hydrogens (tertiary/aromatic N) is 2. The monoisotopic (exact) mass is 152 g/mol. The minimum Gasteiger partial charge on any atom is -0.296 e. The molecule has 0 amide bonds. The highest BCUT2D eigenvalue weighted by atomic mass is 16.1. The first-order valence-corrected chi connectivity index (χ1v) is 3.69. The van der Waals surface area contributed by atoms with Gasteiger partial charge in [-0.25, -0.2) is 0 Å². The van der Waals surface area contributed by atoms with E-state index in [1.54, 1.807) is 0 Å². The van der Waals surface area contributed by atoms with Gasteiger partial charge in [0.2, 0.25) is 0 Å². The number of aromatic nitrogens is 2. The number of hydrogen-bond acceptors (Lipinski definition) is 2. The van der Waals surface area contributed by atoms with Crippen LogP contribution in [0.1, 0.15) is 28.7 Å². The molecule has 3 heteroatoms. The van der Waals surface area contributed by atoms with Gasteiger partial charge in [0.25, 0.3) is 0 Å². The van der Waals surface area contributed by atoms with E-state index in [1.165, 1.54) is 0 Å². The average Bonchev–Trinajstić information content (AvgIpc) is 2.30. The van der Waals surface area contributed by atoms with Crippen molar-refractivity contribution in [3.05, 3.63) is 17.0 Å². The van der Waals surface area contributed by atoms with Crippen LogP contribution in [-0.4, -0.2) is 16.1 Å². The molecule has 0 aliphatic carbocycles. The molecule has 0 aliphatic rings. The number of hydrogen-bond donors (Lipinski definition) is 0. The Morgan fingerprint density at radius 1 is 1.55 bits per heavy atom. The van der Waals surface area contributed by atoms with E-state index in [1.807, 2.05) is 25.5 Å². The van der Waals surface area contributed by atoms with Crippen molar-refractivity contribution in [2.75, 3.05) is 0 Å². The smallest absolute Gasteiger partial charge is 0.170 e. The summed E-state index contributed by atoms with van der Waals surface area (Å²) in [7, 11) is 0. The summed E-state index contributed by atoms with van der Waals surface area (Å²) >= 11 is 0. The van der Waals surface area contributed by atoms with Gasteiger partial charge in [-0.3, -0.25) is 9.48 Å². The number of aldehydes is 1. The lowest BCUT2D eigenvalue weighted by Crippen LogP contribution is -1.98. The lowest BCUT2D eigenvalue weighted by Gasteiger charge is -1.96. The van der Waals surface area contributed by atoms with Gasteiger partial charge in [0.1, 0.15) is 5.69 Å². The molecule has 0 aliphatic heterocycles. The van der Waals surface area contributed by atoms with Crippen LogP contribution in [0.15, 0.2) is 0 Å². The molecule has 0 saturated carbocycles. The Morgan fingerprint density at radius 2 is 2.18 bits per heavy atom. The van der Waals surface area contributed by atoms with Crippen LogP contribution >= 0.6 is 0 Å². The van der Waals surface area contributed by atoms with Gasteiger partial charge >= 0.3 is 0 Å². The van der Waals surface area contributed by atoms with Crippen molar-refractivity contribution in [2.24, 2.45) is 0 Å². The van der Waals surface area contributed by atoms with Crippen LogP contribution in [0.4, 0.5) is 0 Å². The third-order valence-corrected chi connectivity index (χ3v) is 1.95. The molecule has 0 atom stereocenters. The predicted molar refractivity (Wildman–Crippen MR) is 42.8 cm³/mol. The van der Waals surface area contributed by atoms with Crippen LogP contribution in [0, 0.1) is 13.8 Å². The molecule has 0 saturated heterocycles. The van der Waals surface area contributed by atoms with E-state index in [4.69, 9.17) is 0 Å². The molecule has 0 unspecified atom stereocenters. The summed E-state index contributed by atoms with van der Waals surface area (Å²) in [4.78, 5) is 10.4. The van der Waals surface area contributed by atoms with Crippen molar-refractivity contribution in [3.63, 3.8) is 0 Å². The Morgan fingerprint density at radius 3 is 2.45 bits per heavy atom. The van der Waals surface area contributed by atoms with E-state index >= 15 is 0 Å². The summed E-state index contributed by atoms with van der Waals surface area (Å²) in [5.41, 5.74) is 2.63. The fraction of sp³-hybridized carbons (Fsp3) is 0.500. The zero-order chi connectivity index (χ0) is 8.43. The Balaban J connectivity index is 3.22. The first-order valence-electron chi connectivity index (χ1n) is 3.69. The Hall–Kier alpha value is -1.12. The maximum absolute atomic E-state index is 10.4. The Kier molecular flexibility index (Phi) is 2.08. The zero-order valence-corrected chi connectivity index (χ0v) is 7.09. The normalized spacial score (nSPS) is 10.1. The average molecular weight is 152 g/mol. The summed E-state index contributed by atoms with van der Waals surface area (Å²) in [5, 5.41) is 4.09. The highest BCUT2D eigenvalue weighted by Gasteiger charge is 2.07. The maximum Gasteiger partial charge on any atom is 0.170 e. The number of aryl methyl sites for hydroxylation is 1. The van der Waals surface area contributed by atoms with Crippen LogP contribution in [0.3, 0.4) is 0 Å². The highest BCUT2D eigenvalue weighted by Crippen LogP contribution is 2.09. The minimum absolute atomic E-state index is 0.560. The van der Waals surface area contributed by atoms with Gasteiger partial charge in [-0.05, 0) is 20.8 Å². The van der Waals surface area contributed by atoms with Crippen LogP contribution in [-0.2, 0) is 6.54 Å². The summed E-state index contributed by atoms with van der Waals surface area (Å²) in [6, 6.07) is 0. The predicted octanol–water partition coefficient (Wildman–Crippen LogP) is 1.33. The molecule has 0 fully saturated rings. The highest BCUT2D eigenvalue weighted by molar-refractivity contribution is 5.74. The molecule has 0 spiro atoms. The maximum atomic E-state index is 10.4. The van der Waals surface area contributed by atoms with Gasteiger partial charge in [0.05, 0.1) is 0 Å². The first kappa shape index (κ1) is 7.98. The molecular formula is C8H12N2O. The largest absolute Gasteiger partial charge is 0.296 e. The second-order valence-corrected chi connectivity index (χ2v) is 2.53. The Bertz CT molecular complexity index is 276. The lowest BCUT2D eigenvalue weighted by molar-refractivity contribution is 0.111. The van der Waals surface area contributed by atoms with E-state index in [0.29, 0.717) is 5.69 Å². The number of carbonyl (C=O) groups excluding carboxylic acids is 1. The van der Waals surface area contributed by atoms with Crippen molar-refractivity contribution < 1.29 is 4.79 Å². The Labute approximate surface area is 66.0 Å². The number of rotatable bonds is 2. The molecule has 11 heavy (non-hydrogen) atoms. The molecule has 1 heterocycles. The van der Waals surface area contributed by atoms with E-state index in [2.05, 4.69) is 5.10 Å². The molecule has 1 aromatic rings. The molecule has 60 valence electrons. The standard InChI is InChI=1S/C8H12N2O/c1-4-10-7(3)6(2)8(5-11)9-10/h5H,4H2,1-3H3. The summed E-state index contributed by atoms with van der Waals surface area (Å²) in [6.45, 7) is 6.71. The first-order chi connectivity index (χ1) is 5.20. The van der Waals surface area contributed by atoms with Gasteiger partial charge in [-0.2, -0.15) is 5.10 Å². The minimum atomic E-state index is 0.560. The number of carbonyl (C=O) groups is 1. The second kappa shape index (κ2) is 2.86. The van der Waals surface area contributed by atoms with E-state index < -0.39 is 0 Å². The molecule has 1 rings (SSSR count). The zero-order valence-electron chi connectivity index (χ0n) is 7.09. The third-order valence-electron chi connectivity index (χ3n) is 1.95. The van der Waals surface area contributed by atoms with Crippen molar-refractivity contribution in [3.8, 4) is 0 Å². The van der Waals surface area contributed by atoms with Crippen LogP contribution < -0.4 is 0 Å². The van der Waals surface area contributed by atoms with Crippen molar-refractivity contribution in [1.82, 2.24) is 9.78 Å². The van der Waals surface area contributed by atoms with Gasteiger partial charge in [0.15, 0.2) is 6.29 Å². The van der Waals surface area contributed by atoms with Gasteiger partial charge in [-0.1, -0.05) is 0 Å². The van der Waals surface area contributed by atoms with Gasteiger partial charge in [0, 0.05) is 17.8 Å². The topological polar surface area (TPSA) is 34.9 Å². The molecule has 0 bridgehead atoms. The van der Waals surface area contributed by atoms with Crippen LogP contribution in [0.2, 0.25) is 0 Å². The summed E-state index contributed by atoms with van der Waals surface area (Å²) in [6.07, 6.45) is 0.800. The van der Waals surface area contributed by atoms with E-state index in [0.717, 1.165) is 24.1 Å². The van der Waals surface area contributed by atoms with Crippen molar-refractivity contribution in [2.45, 2.75) is 27.3 Å². The molecule has 0 aromatic carbocycles.